The van der Waals surface area contributed by atoms with Gasteiger partial charge in [-0.05, 0) is 11.6 Å². The van der Waals surface area contributed by atoms with Gasteiger partial charge in [0.2, 0.25) is 5.95 Å². The zero-order chi connectivity index (χ0) is 13.6. The molecule has 1 N–H and O–H groups in total. The van der Waals surface area contributed by atoms with Gasteiger partial charge in [0.25, 0.3) is 0 Å². The standard InChI is InChI=1S/C13H16N6O/c1-2-11(8-14-3-1)9-15-12-10-16-18-13(17-12)19-4-6-20-7-5-19/h1-3,8,10H,4-7,9H2,(H,15,17,18). The molecule has 0 aliphatic carbocycles. The van der Waals surface area contributed by atoms with Crippen molar-refractivity contribution < 1.29 is 4.74 Å². The van der Waals surface area contributed by atoms with Gasteiger partial charge in [-0.25, -0.2) is 0 Å². The first kappa shape index (κ1) is 12.7. The van der Waals surface area contributed by atoms with Crippen LogP contribution in [0.15, 0.2) is 30.7 Å². The Kier molecular flexibility index (Phi) is 3.98. The molecule has 1 aliphatic rings. The number of anilines is 2. The highest BCUT2D eigenvalue weighted by Crippen LogP contribution is 2.11. The topological polar surface area (TPSA) is 76.1 Å². The van der Waals surface area contributed by atoms with Crippen LogP contribution in [0.5, 0.6) is 0 Å². The van der Waals surface area contributed by atoms with Crippen molar-refractivity contribution >= 4 is 11.8 Å². The first-order chi connectivity index (χ1) is 9.92. The molecule has 20 heavy (non-hydrogen) atoms. The van der Waals surface area contributed by atoms with E-state index in [1.165, 1.54) is 0 Å². The Hall–Kier alpha value is -2.28. The van der Waals surface area contributed by atoms with Crippen molar-refractivity contribution in [3.05, 3.63) is 36.3 Å². The van der Waals surface area contributed by atoms with Crippen molar-refractivity contribution in [3.8, 4) is 0 Å². The summed E-state index contributed by atoms with van der Waals surface area (Å²) >= 11 is 0. The van der Waals surface area contributed by atoms with E-state index in [2.05, 4.69) is 30.4 Å². The van der Waals surface area contributed by atoms with Gasteiger partial charge >= 0.3 is 0 Å². The maximum Gasteiger partial charge on any atom is 0.247 e. The maximum absolute atomic E-state index is 5.32. The molecule has 1 saturated heterocycles. The first-order valence-corrected chi connectivity index (χ1v) is 6.57. The van der Waals surface area contributed by atoms with Gasteiger partial charge in [0.15, 0.2) is 5.82 Å². The molecule has 1 fully saturated rings. The van der Waals surface area contributed by atoms with Gasteiger partial charge in [0.1, 0.15) is 0 Å². The molecule has 104 valence electrons. The third-order valence-electron chi connectivity index (χ3n) is 3.04. The molecule has 1 aliphatic heterocycles. The normalized spacial score (nSPS) is 15.1. The fraction of sp³-hybridized carbons (Fsp3) is 0.385. The monoisotopic (exact) mass is 272 g/mol. The van der Waals surface area contributed by atoms with Crippen LogP contribution in [0.3, 0.4) is 0 Å². The lowest BCUT2D eigenvalue weighted by atomic mass is 10.3. The number of rotatable bonds is 4. The maximum atomic E-state index is 5.32. The number of nitrogens with one attached hydrogen (secondary N) is 1. The van der Waals surface area contributed by atoms with Crippen LogP contribution in [0.4, 0.5) is 11.8 Å². The second kappa shape index (κ2) is 6.25. The molecule has 0 aromatic carbocycles. The Balaban J connectivity index is 1.65. The van der Waals surface area contributed by atoms with Gasteiger partial charge in [-0.3, -0.25) is 4.98 Å². The van der Waals surface area contributed by atoms with E-state index in [0.29, 0.717) is 31.5 Å². The van der Waals surface area contributed by atoms with Crippen molar-refractivity contribution in [1.82, 2.24) is 20.2 Å². The molecule has 0 bridgehead atoms. The largest absolute Gasteiger partial charge is 0.378 e. The Labute approximate surface area is 117 Å². The summed E-state index contributed by atoms with van der Waals surface area (Å²) in [5, 5.41) is 11.3. The van der Waals surface area contributed by atoms with E-state index in [1.54, 1.807) is 12.4 Å². The molecule has 0 atom stereocenters. The van der Waals surface area contributed by atoms with E-state index in [9.17, 15) is 0 Å². The summed E-state index contributed by atoms with van der Waals surface area (Å²) in [7, 11) is 0. The lowest BCUT2D eigenvalue weighted by Gasteiger charge is -2.26. The van der Waals surface area contributed by atoms with Crippen LogP contribution >= 0.6 is 0 Å². The summed E-state index contributed by atoms with van der Waals surface area (Å²) in [6, 6.07) is 3.92. The number of aromatic nitrogens is 4. The molecule has 0 amide bonds. The lowest BCUT2D eigenvalue weighted by molar-refractivity contribution is 0.122. The Bertz CT molecular complexity index is 544. The van der Waals surface area contributed by atoms with Crippen molar-refractivity contribution in [2.24, 2.45) is 0 Å². The average molecular weight is 272 g/mol. The molecular formula is C13H16N6O. The average Bonchev–Trinajstić information content (AvgIpc) is 2.55. The van der Waals surface area contributed by atoms with Crippen molar-refractivity contribution in [2.45, 2.75) is 6.54 Å². The molecule has 0 saturated carbocycles. The summed E-state index contributed by atoms with van der Waals surface area (Å²) in [4.78, 5) is 10.6. The zero-order valence-electron chi connectivity index (χ0n) is 11.1. The fourth-order valence-corrected chi connectivity index (χ4v) is 1.97. The molecule has 0 radical (unpaired) electrons. The second-order valence-corrected chi connectivity index (χ2v) is 4.46. The molecule has 0 unspecified atom stereocenters. The van der Waals surface area contributed by atoms with E-state index in [1.807, 2.05) is 18.3 Å². The van der Waals surface area contributed by atoms with Crippen LogP contribution in [0, 0.1) is 0 Å². The quantitative estimate of drug-likeness (QED) is 0.878. The fourth-order valence-electron chi connectivity index (χ4n) is 1.97. The van der Waals surface area contributed by atoms with Crippen LogP contribution in [0.1, 0.15) is 5.56 Å². The molecular weight excluding hydrogens is 256 g/mol. The van der Waals surface area contributed by atoms with Gasteiger partial charge in [0.05, 0.1) is 19.4 Å². The number of ether oxygens (including phenoxy) is 1. The Morgan fingerprint density at radius 1 is 1.25 bits per heavy atom. The van der Waals surface area contributed by atoms with Crippen LogP contribution < -0.4 is 10.2 Å². The van der Waals surface area contributed by atoms with Gasteiger partial charge in [-0.2, -0.15) is 10.1 Å². The molecule has 3 rings (SSSR count). The molecule has 7 heteroatoms. The van der Waals surface area contributed by atoms with Crippen molar-refractivity contribution in [1.29, 1.82) is 0 Å². The predicted molar refractivity (Wildman–Crippen MR) is 74.4 cm³/mol. The molecule has 2 aromatic rings. The van der Waals surface area contributed by atoms with E-state index >= 15 is 0 Å². The minimum Gasteiger partial charge on any atom is -0.378 e. The summed E-state index contributed by atoms with van der Waals surface area (Å²) in [6.45, 7) is 3.67. The summed E-state index contributed by atoms with van der Waals surface area (Å²) in [6.07, 6.45) is 5.21. The second-order valence-electron chi connectivity index (χ2n) is 4.46. The van der Waals surface area contributed by atoms with Gasteiger partial charge in [0, 0.05) is 32.0 Å². The van der Waals surface area contributed by atoms with Crippen LogP contribution in [-0.2, 0) is 11.3 Å². The van der Waals surface area contributed by atoms with E-state index in [-0.39, 0.29) is 0 Å². The minimum absolute atomic E-state index is 0.643. The van der Waals surface area contributed by atoms with E-state index in [4.69, 9.17) is 4.74 Å². The lowest BCUT2D eigenvalue weighted by Crippen LogP contribution is -2.37. The highest BCUT2D eigenvalue weighted by molar-refractivity contribution is 5.39. The van der Waals surface area contributed by atoms with Crippen molar-refractivity contribution in [2.75, 3.05) is 36.5 Å². The van der Waals surface area contributed by atoms with Crippen LogP contribution in [0.2, 0.25) is 0 Å². The summed E-state index contributed by atoms with van der Waals surface area (Å²) in [5.74, 6) is 1.36. The smallest absolute Gasteiger partial charge is 0.247 e. The first-order valence-electron chi connectivity index (χ1n) is 6.57. The third kappa shape index (κ3) is 3.18. The SMILES string of the molecule is c1cncc(CNc2cnnc(N3CCOCC3)n2)c1. The van der Waals surface area contributed by atoms with Gasteiger partial charge < -0.3 is 15.0 Å². The number of pyridine rings is 1. The number of hydrogen-bond donors (Lipinski definition) is 1. The third-order valence-corrected chi connectivity index (χ3v) is 3.04. The Morgan fingerprint density at radius 3 is 2.95 bits per heavy atom. The Morgan fingerprint density at radius 2 is 2.15 bits per heavy atom. The summed E-state index contributed by atoms with van der Waals surface area (Å²) in [5.41, 5.74) is 1.10. The van der Waals surface area contributed by atoms with Gasteiger partial charge in [-0.15, -0.1) is 5.10 Å². The molecule has 3 heterocycles. The van der Waals surface area contributed by atoms with E-state index < -0.39 is 0 Å². The molecule has 7 nitrogen and oxygen atoms in total. The molecule has 2 aromatic heterocycles. The number of hydrogen-bond acceptors (Lipinski definition) is 7. The van der Waals surface area contributed by atoms with Crippen molar-refractivity contribution in [3.63, 3.8) is 0 Å². The van der Waals surface area contributed by atoms with E-state index in [0.717, 1.165) is 18.7 Å². The minimum atomic E-state index is 0.643. The van der Waals surface area contributed by atoms with Gasteiger partial charge in [-0.1, -0.05) is 6.07 Å². The molecule has 0 spiro atoms. The predicted octanol–water partition coefficient (Wildman–Crippen LogP) is 0.715. The zero-order valence-corrected chi connectivity index (χ0v) is 11.1. The number of morpholine rings is 1. The highest BCUT2D eigenvalue weighted by Gasteiger charge is 2.14. The van der Waals surface area contributed by atoms with Crippen LogP contribution in [-0.4, -0.2) is 46.5 Å². The number of nitrogens with zero attached hydrogens (tertiary/aromatic N) is 5. The van der Waals surface area contributed by atoms with Crippen LogP contribution in [0.25, 0.3) is 0 Å². The highest BCUT2D eigenvalue weighted by atomic mass is 16.5. The summed E-state index contributed by atoms with van der Waals surface area (Å²) < 4.78 is 5.32.